The molecular weight excluding hydrogens is 288 g/mol. The summed E-state index contributed by atoms with van der Waals surface area (Å²) in [6.45, 7) is 1.52. The third-order valence-corrected chi connectivity index (χ3v) is 4.33. The smallest absolute Gasteiger partial charge is 0.253 e. The zero-order valence-corrected chi connectivity index (χ0v) is 13.3. The number of hydrogen-bond donors (Lipinski definition) is 2. The van der Waals surface area contributed by atoms with Crippen molar-refractivity contribution in [3.05, 3.63) is 65.2 Å². The van der Waals surface area contributed by atoms with Gasteiger partial charge in [0.05, 0.1) is 0 Å². The Morgan fingerprint density at radius 2 is 2.04 bits per heavy atom. The number of nitrogens with zero attached hydrogens (tertiary/aromatic N) is 1. The van der Waals surface area contributed by atoms with E-state index in [1.165, 1.54) is 11.3 Å². The summed E-state index contributed by atoms with van der Waals surface area (Å²) in [7, 11) is 2.11. The third kappa shape index (κ3) is 3.54. The van der Waals surface area contributed by atoms with Gasteiger partial charge in [0.15, 0.2) is 6.10 Å². The number of aliphatic hydroxyl groups excluding tert-OH is 1. The van der Waals surface area contributed by atoms with Crippen LogP contribution in [0.25, 0.3) is 0 Å². The lowest BCUT2D eigenvalue weighted by Gasteiger charge is -2.27. The van der Waals surface area contributed by atoms with Crippen molar-refractivity contribution in [3.8, 4) is 0 Å². The number of anilines is 1. The Balaban J connectivity index is 1.63. The van der Waals surface area contributed by atoms with Crippen LogP contribution in [0.2, 0.25) is 0 Å². The van der Waals surface area contributed by atoms with E-state index >= 15 is 0 Å². The average Bonchev–Trinajstić information content (AvgIpc) is 2.60. The van der Waals surface area contributed by atoms with E-state index < -0.39 is 6.10 Å². The molecule has 0 saturated carbocycles. The van der Waals surface area contributed by atoms with Crippen molar-refractivity contribution in [2.24, 2.45) is 0 Å². The molecule has 2 aromatic carbocycles. The molecule has 0 radical (unpaired) electrons. The van der Waals surface area contributed by atoms with Crippen molar-refractivity contribution < 1.29 is 9.90 Å². The summed E-state index contributed by atoms with van der Waals surface area (Å²) in [4.78, 5) is 14.4. The fraction of sp³-hybridized carbons (Fsp3) is 0.316. The van der Waals surface area contributed by atoms with Crippen LogP contribution in [0.3, 0.4) is 0 Å². The fourth-order valence-electron chi connectivity index (χ4n) is 3.02. The first-order chi connectivity index (χ1) is 11.1. The molecule has 2 aromatic rings. The summed E-state index contributed by atoms with van der Waals surface area (Å²) in [5, 5.41) is 12.9. The van der Waals surface area contributed by atoms with E-state index in [1.807, 2.05) is 24.3 Å². The lowest BCUT2D eigenvalue weighted by Crippen LogP contribution is -2.29. The lowest BCUT2D eigenvalue weighted by atomic mass is 9.99. The maximum Gasteiger partial charge on any atom is 0.253 e. The minimum Gasteiger partial charge on any atom is -0.378 e. The van der Waals surface area contributed by atoms with E-state index in [9.17, 15) is 9.90 Å². The van der Waals surface area contributed by atoms with Crippen LogP contribution in [0, 0.1) is 0 Å². The zero-order valence-electron chi connectivity index (χ0n) is 13.3. The average molecular weight is 310 g/mol. The van der Waals surface area contributed by atoms with Gasteiger partial charge < -0.3 is 15.3 Å². The Kier molecular flexibility index (Phi) is 4.63. The molecule has 1 heterocycles. The maximum absolute atomic E-state index is 12.1. The highest BCUT2D eigenvalue weighted by molar-refractivity contribution is 5.81. The van der Waals surface area contributed by atoms with Crippen molar-refractivity contribution in [2.75, 3.05) is 18.5 Å². The van der Waals surface area contributed by atoms with Gasteiger partial charge in [-0.05, 0) is 35.6 Å². The van der Waals surface area contributed by atoms with Gasteiger partial charge >= 0.3 is 0 Å². The summed E-state index contributed by atoms with van der Waals surface area (Å²) in [5.41, 5.74) is 4.27. The molecule has 4 heteroatoms. The van der Waals surface area contributed by atoms with Gasteiger partial charge in [0.1, 0.15) is 0 Å². The molecule has 1 aliphatic rings. The number of hydrogen-bond acceptors (Lipinski definition) is 3. The SMILES string of the molecule is CN1CCCc2cc(CNC(=O)C(O)c3ccccc3)ccc21. The molecule has 1 unspecified atom stereocenters. The number of rotatable bonds is 4. The monoisotopic (exact) mass is 310 g/mol. The van der Waals surface area contributed by atoms with Crippen LogP contribution in [0.1, 0.15) is 29.2 Å². The summed E-state index contributed by atoms with van der Waals surface area (Å²) in [5.74, 6) is -0.369. The van der Waals surface area contributed by atoms with Crippen LogP contribution in [-0.4, -0.2) is 24.6 Å². The van der Waals surface area contributed by atoms with Gasteiger partial charge in [-0.2, -0.15) is 0 Å². The topological polar surface area (TPSA) is 52.6 Å². The minimum atomic E-state index is -1.13. The van der Waals surface area contributed by atoms with E-state index in [1.54, 1.807) is 12.1 Å². The van der Waals surface area contributed by atoms with Gasteiger partial charge in [0, 0.05) is 25.8 Å². The van der Waals surface area contributed by atoms with Crippen LogP contribution < -0.4 is 10.2 Å². The normalized spacial score (nSPS) is 15.0. The molecule has 0 bridgehead atoms. The number of aliphatic hydroxyl groups is 1. The van der Waals surface area contributed by atoms with Gasteiger partial charge in [-0.15, -0.1) is 0 Å². The second-order valence-electron chi connectivity index (χ2n) is 6.02. The molecular formula is C19H22N2O2. The molecule has 3 rings (SSSR count). The Morgan fingerprint density at radius 3 is 2.83 bits per heavy atom. The van der Waals surface area contributed by atoms with Gasteiger partial charge in [0.2, 0.25) is 0 Å². The molecule has 2 N–H and O–H groups in total. The van der Waals surface area contributed by atoms with Gasteiger partial charge in [-0.3, -0.25) is 4.79 Å². The maximum atomic E-state index is 12.1. The minimum absolute atomic E-state index is 0.369. The number of aryl methyl sites for hydroxylation is 1. The molecule has 23 heavy (non-hydrogen) atoms. The number of fused-ring (bicyclic) bond motifs is 1. The molecule has 0 aliphatic carbocycles. The second-order valence-corrected chi connectivity index (χ2v) is 6.02. The second kappa shape index (κ2) is 6.84. The summed E-state index contributed by atoms with van der Waals surface area (Å²) >= 11 is 0. The van der Waals surface area contributed by atoms with E-state index in [-0.39, 0.29) is 5.91 Å². The first kappa shape index (κ1) is 15.6. The van der Waals surface area contributed by atoms with Crippen LogP contribution in [0.5, 0.6) is 0 Å². The number of carbonyl (C=O) groups is 1. The molecule has 0 saturated heterocycles. The van der Waals surface area contributed by atoms with E-state index in [2.05, 4.69) is 29.4 Å². The van der Waals surface area contributed by atoms with Crippen LogP contribution in [0.4, 0.5) is 5.69 Å². The highest BCUT2D eigenvalue weighted by atomic mass is 16.3. The molecule has 1 aliphatic heterocycles. The lowest BCUT2D eigenvalue weighted by molar-refractivity contribution is -0.129. The Hall–Kier alpha value is -2.33. The Morgan fingerprint density at radius 1 is 1.26 bits per heavy atom. The number of carbonyl (C=O) groups excluding carboxylic acids is 1. The van der Waals surface area contributed by atoms with Crippen molar-refractivity contribution in [1.82, 2.24) is 5.32 Å². The van der Waals surface area contributed by atoms with Gasteiger partial charge in [0.25, 0.3) is 5.91 Å². The van der Waals surface area contributed by atoms with E-state index in [0.717, 1.165) is 24.9 Å². The number of amides is 1. The molecule has 0 spiro atoms. The van der Waals surface area contributed by atoms with Crippen LogP contribution in [-0.2, 0) is 17.8 Å². The van der Waals surface area contributed by atoms with Crippen LogP contribution >= 0.6 is 0 Å². The van der Waals surface area contributed by atoms with E-state index in [4.69, 9.17) is 0 Å². The first-order valence-electron chi connectivity index (χ1n) is 7.99. The predicted molar refractivity (Wildman–Crippen MR) is 91.3 cm³/mol. The number of benzene rings is 2. The van der Waals surface area contributed by atoms with E-state index in [0.29, 0.717) is 12.1 Å². The molecule has 4 nitrogen and oxygen atoms in total. The van der Waals surface area contributed by atoms with Crippen molar-refractivity contribution in [1.29, 1.82) is 0 Å². The predicted octanol–water partition coefficient (Wildman–Crippen LogP) is 2.42. The molecule has 0 fully saturated rings. The van der Waals surface area contributed by atoms with Crippen molar-refractivity contribution in [3.63, 3.8) is 0 Å². The third-order valence-electron chi connectivity index (χ3n) is 4.33. The zero-order chi connectivity index (χ0) is 16.2. The highest BCUT2D eigenvalue weighted by Crippen LogP contribution is 2.26. The molecule has 0 aromatic heterocycles. The summed E-state index contributed by atoms with van der Waals surface area (Å²) in [6.07, 6.45) is 1.11. The highest BCUT2D eigenvalue weighted by Gasteiger charge is 2.17. The quantitative estimate of drug-likeness (QED) is 0.912. The van der Waals surface area contributed by atoms with Gasteiger partial charge in [-0.1, -0.05) is 42.5 Å². The molecule has 1 amide bonds. The summed E-state index contributed by atoms with van der Waals surface area (Å²) in [6, 6.07) is 15.3. The van der Waals surface area contributed by atoms with Crippen LogP contribution in [0.15, 0.2) is 48.5 Å². The standard InChI is InChI=1S/C19H22N2O2/c1-21-11-5-8-16-12-14(9-10-17(16)21)13-20-19(23)18(22)15-6-3-2-4-7-15/h2-4,6-7,9-10,12,18,22H,5,8,11,13H2,1H3,(H,20,23). The van der Waals surface area contributed by atoms with Crippen molar-refractivity contribution in [2.45, 2.75) is 25.5 Å². The largest absolute Gasteiger partial charge is 0.378 e. The number of nitrogens with one attached hydrogen (secondary N) is 1. The first-order valence-corrected chi connectivity index (χ1v) is 7.99. The Labute approximate surface area is 136 Å². The van der Waals surface area contributed by atoms with Gasteiger partial charge in [-0.25, -0.2) is 0 Å². The molecule has 120 valence electrons. The fourth-order valence-corrected chi connectivity index (χ4v) is 3.02. The summed E-state index contributed by atoms with van der Waals surface area (Å²) < 4.78 is 0. The van der Waals surface area contributed by atoms with Crippen molar-refractivity contribution >= 4 is 11.6 Å². The Bertz CT molecular complexity index is 685. The molecule has 1 atom stereocenters.